The molecule has 0 radical (unpaired) electrons. The van der Waals surface area contributed by atoms with Crippen LogP contribution in [0.5, 0.6) is 11.8 Å². The Balaban J connectivity index is 0.00000221. The number of rotatable bonds is 7. The van der Waals surface area contributed by atoms with Gasteiger partial charge in [0.05, 0.1) is 12.2 Å². The molecule has 2 fully saturated rings. The first-order valence-corrected chi connectivity index (χ1v) is 14.7. The highest BCUT2D eigenvalue weighted by molar-refractivity contribution is 7.59. The molecule has 44 heavy (non-hydrogen) atoms. The van der Waals surface area contributed by atoms with Gasteiger partial charge in [-0.05, 0) is 50.4 Å². The fourth-order valence-electron chi connectivity index (χ4n) is 6.53. The lowest BCUT2D eigenvalue weighted by Crippen LogP contribution is -2.56. The third kappa shape index (κ3) is 6.70. The Bertz CT molecular complexity index is 1550. The zero-order chi connectivity index (χ0) is 29.2. The molecule has 0 unspecified atom stereocenters. The molecule has 12 heteroatoms. The lowest BCUT2D eigenvalue weighted by molar-refractivity contribution is -0.128. The summed E-state index contributed by atoms with van der Waals surface area (Å²) < 4.78 is 6.26. The van der Waals surface area contributed by atoms with Crippen molar-refractivity contribution < 1.29 is 14.6 Å². The second-order valence-corrected chi connectivity index (χ2v) is 11.4. The highest BCUT2D eigenvalue weighted by atomic mass is 32.1. The van der Waals surface area contributed by atoms with E-state index >= 15 is 0 Å². The molecule has 0 bridgehead atoms. The Morgan fingerprint density at radius 3 is 2.70 bits per heavy atom. The molecule has 3 aromatic rings. The summed E-state index contributed by atoms with van der Waals surface area (Å²) in [6.45, 7) is 15.8. The van der Waals surface area contributed by atoms with E-state index in [0.29, 0.717) is 44.8 Å². The van der Waals surface area contributed by atoms with Crippen molar-refractivity contribution in [2.24, 2.45) is 0 Å². The summed E-state index contributed by atoms with van der Waals surface area (Å²) in [5, 5.41) is 12.6. The van der Waals surface area contributed by atoms with E-state index in [1.165, 1.54) is 6.08 Å². The van der Waals surface area contributed by atoms with Gasteiger partial charge in [-0.2, -0.15) is 37.0 Å². The lowest BCUT2D eigenvalue weighted by atomic mass is 10.0. The van der Waals surface area contributed by atoms with Gasteiger partial charge in [-0.3, -0.25) is 4.79 Å². The van der Waals surface area contributed by atoms with Crippen molar-refractivity contribution in [2.45, 2.75) is 37.9 Å². The Labute approximate surface area is 273 Å². The number of likely N-dealkylation sites (N-methyl/N-ethyl adjacent to an activating group) is 1. The van der Waals surface area contributed by atoms with Crippen molar-refractivity contribution in [1.82, 2.24) is 19.8 Å². The van der Waals surface area contributed by atoms with Crippen LogP contribution in [0.1, 0.15) is 24.1 Å². The van der Waals surface area contributed by atoms with Gasteiger partial charge >= 0.3 is 6.01 Å². The zero-order valence-electron chi connectivity index (χ0n) is 25.1. The summed E-state index contributed by atoms with van der Waals surface area (Å²) in [6, 6.07) is 12.2. The number of hydrogen-bond acceptors (Lipinski definition) is 8. The number of aromatic hydroxyl groups is 1. The van der Waals surface area contributed by atoms with Gasteiger partial charge in [0.2, 0.25) is 12.5 Å². The molecule has 1 N–H and O–H groups in total. The molecule has 1 aromatic heterocycles. The van der Waals surface area contributed by atoms with E-state index in [-0.39, 0.29) is 51.2 Å². The van der Waals surface area contributed by atoms with Crippen LogP contribution in [0.25, 0.3) is 15.6 Å². The first kappa shape index (κ1) is 33.2. The van der Waals surface area contributed by atoms with Crippen LogP contribution in [0.3, 0.4) is 0 Å². The minimum absolute atomic E-state index is 0. The highest BCUT2D eigenvalue weighted by Crippen LogP contribution is 2.36. The highest BCUT2D eigenvalue weighted by Gasteiger charge is 2.35. The van der Waals surface area contributed by atoms with Crippen molar-refractivity contribution >= 4 is 55.2 Å². The number of piperazine rings is 1. The number of aromatic nitrogens is 2. The molecule has 3 aliphatic heterocycles. The molecular weight excluding hydrogens is 595 g/mol. The van der Waals surface area contributed by atoms with Gasteiger partial charge in [0.15, 0.2) is 0 Å². The van der Waals surface area contributed by atoms with Crippen molar-refractivity contribution in [3.63, 3.8) is 0 Å². The summed E-state index contributed by atoms with van der Waals surface area (Å²) in [6.07, 6.45) is 4.29. The van der Waals surface area contributed by atoms with Gasteiger partial charge in [-0.15, -0.1) is 0 Å². The molecule has 0 aliphatic carbocycles. The van der Waals surface area contributed by atoms with Crippen LogP contribution >= 0.6 is 27.0 Å². The Kier molecular flexibility index (Phi) is 10.9. The van der Waals surface area contributed by atoms with Gasteiger partial charge in [0, 0.05) is 54.9 Å². The minimum Gasteiger partial charge on any atom is -0.508 e. The maximum Gasteiger partial charge on any atom is 0.318 e. The van der Waals surface area contributed by atoms with E-state index in [2.05, 4.69) is 39.2 Å². The van der Waals surface area contributed by atoms with E-state index in [9.17, 15) is 9.90 Å². The number of benzene rings is 2. The fraction of sp³-hybridized carbons (Fsp3) is 0.438. The lowest BCUT2D eigenvalue weighted by Gasteiger charge is -2.41. The number of hydrogen-bond donors (Lipinski definition) is 1. The average molecular weight is 636 g/mol. The third-order valence-corrected chi connectivity index (χ3v) is 8.81. The normalized spacial score (nSPS) is 19.9. The number of nitrogens with zero attached hydrogens (tertiary/aromatic N) is 7. The number of phenols is 1. The Morgan fingerprint density at radius 1 is 1.14 bits per heavy atom. The van der Waals surface area contributed by atoms with Gasteiger partial charge < -0.3 is 34.3 Å². The predicted octanol–water partition coefficient (Wildman–Crippen LogP) is 3.72. The van der Waals surface area contributed by atoms with Gasteiger partial charge in [-0.25, -0.2) is 6.57 Å². The quantitative estimate of drug-likeness (QED) is 0.311. The van der Waals surface area contributed by atoms with Gasteiger partial charge in [-0.1, -0.05) is 30.8 Å². The van der Waals surface area contributed by atoms with Crippen LogP contribution < -0.4 is 14.5 Å². The molecule has 0 spiro atoms. The number of anilines is 2. The first-order valence-electron chi connectivity index (χ1n) is 14.7. The fourth-order valence-corrected chi connectivity index (χ4v) is 6.53. The largest absolute Gasteiger partial charge is 0.508 e. The monoisotopic (exact) mass is 635 g/mol. The van der Waals surface area contributed by atoms with Crippen LogP contribution in [0.2, 0.25) is 0 Å². The van der Waals surface area contributed by atoms with Gasteiger partial charge in [0.1, 0.15) is 24.2 Å². The molecule has 234 valence electrons. The minimum atomic E-state index is -0.248. The van der Waals surface area contributed by atoms with E-state index in [1.807, 2.05) is 24.3 Å². The van der Waals surface area contributed by atoms with E-state index in [1.54, 1.807) is 11.0 Å². The summed E-state index contributed by atoms with van der Waals surface area (Å²) in [5.74, 6) is 0.919. The smallest absolute Gasteiger partial charge is 0.318 e. The van der Waals surface area contributed by atoms with E-state index in [0.717, 1.165) is 65.9 Å². The summed E-state index contributed by atoms with van der Waals surface area (Å²) in [5.41, 5.74) is 2.95. The molecule has 3 aliphatic rings. The number of likely N-dealkylation sites (tertiary alicyclic amines) is 1. The maximum absolute atomic E-state index is 12.5. The van der Waals surface area contributed by atoms with Crippen LogP contribution in [0.15, 0.2) is 49.1 Å². The van der Waals surface area contributed by atoms with Crippen molar-refractivity contribution in [3.8, 4) is 11.8 Å². The van der Waals surface area contributed by atoms with E-state index in [4.69, 9.17) is 21.3 Å². The second kappa shape index (κ2) is 14.4. The summed E-state index contributed by atoms with van der Waals surface area (Å²) in [7, 11) is 2.12. The molecule has 0 saturated carbocycles. The number of amides is 1. The molecule has 2 saturated heterocycles. The van der Waals surface area contributed by atoms with Gasteiger partial charge in [0.25, 0.3) is 0 Å². The van der Waals surface area contributed by atoms with Crippen LogP contribution in [0, 0.1) is 6.57 Å². The topological polar surface area (TPSA) is 89.6 Å². The molecule has 1 amide bonds. The average Bonchev–Trinajstić information content (AvgIpc) is 3.42. The molecule has 6 rings (SSSR count). The maximum atomic E-state index is 12.5. The number of ether oxygens (including phenoxy) is 1. The number of carbonyl (C=O) groups is 1. The van der Waals surface area contributed by atoms with Crippen molar-refractivity contribution in [3.05, 3.63) is 71.7 Å². The molecule has 10 nitrogen and oxygen atoms in total. The standard InChI is InChI=1S/C32H37N7O3.2H2S/c1-4-30(41)39-15-14-38(19-24(39)18-33-2)31-27-11-13-37(29-17-25(40)16-22-8-5-6-10-26(22)29)20-28(27)34-32(35-31)42-21-23-9-7-12-36(23)3;;/h4-6,8,10,16-17,23-24,40H,1,7,9,11-15,18-21H2,3H3;2*1H2/t23-,24-;;/m0../s1. The molecule has 2 atom stereocenters. The van der Waals surface area contributed by atoms with Crippen LogP contribution in [-0.2, 0) is 17.8 Å². The molecule has 4 heterocycles. The second-order valence-electron chi connectivity index (χ2n) is 11.4. The number of carbonyl (C=O) groups excluding carboxylic acids is 1. The Morgan fingerprint density at radius 2 is 1.95 bits per heavy atom. The van der Waals surface area contributed by atoms with Crippen LogP contribution in [0.4, 0.5) is 11.5 Å². The summed E-state index contributed by atoms with van der Waals surface area (Å²) >= 11 is 0. The number of phenolic OH excluding ortho intramolecular Hbond substituents is 1. The predicted molar refractivity (Wildman–Crippen MR) is 184 cm³/mol. The molecule has 2 aromatic carbocycles. The van der Waals surface area contributed by atoms with Crippen molar-refractivity contribution in [2.75, 3.05) is 62.7 Å². The zero-order valence-corrected chi connectivity index (χ0v) is 27.1. The third-order valence-electron chi connectivity index (χ3n) is 8.81. The molecular formula is C32H41N7O3S2. The SMILES string of the molecule is S.S.[C-]#[N+]C[C@H]1CN(c2nc(OC[C@@H]3CCCN3C)nc3c2CCN(c2cc(O)cc4ccccc24)C3)CCN1C(=O)C=C. The first-order chi connectivity index (χ1) is 20.4. The van der Waals surface area contributed by atoms with E-state index < -0.39 is 0 Å². The Hall–Kier alpha value is -3.66. The van der Waals surface area contributed by atoms with Crippen molar-refractivity contribution in [1.29, 1.82) is 0 Å². The number of fused-ring (bicyclic) bond motifs is 2. The summed E-state index contributed by atoms with van der Waals surface area (Å²) in [4.78, 5) is 34.6. The van der Waals surface area contributed by atoms with Crippen LogP contribution in [-0.4, -0.2) is 95.8 Å².